The van der Waals surface area contributed by atoms with Crippen LogP contribution < -0.4 is 10.6 Å². The Morgan fingerprint density at radius 1 is 1.00 bits per heavy atom. The maximum absolute atomic E-state index is 9.66. The topological polar surface area (TPSA) is 112 Å². The van der Waals surface area contributed by atoms with Crippen LogP contribution in [-0.4, -0.2) is 42.4 Å². The molecule has 0 saturated heterocycles. The van der Waals surface area contributed by atoms with Crippen LogP contribution in [0.1, 0.15) is 25.7 Å². The van der Waals surface area contributed by atoms with E-state index in [2.05, 4.69) is 35.8 Å². The standard InChI is InChI=1S/C20H21N7OS/c28-14-6-4-13(5-7-14)23-17-2-1-3-18(26-17)27-20-25-16-9-8-15(24-19(16)29-20)12-10-21-22-11-12/h1-3,8-11,13-14,28H,4-7H2,(H,21,22)(H2,23,25,26,27). The van der Waals surface area contributed by atoms with Crippen LogP contribution in [-0.2, 0) is 0 Å². The molecule has 9 heteroatoms. The van der Waals surface area contributed by atoms with Crippen LogP contribution in [0.4, 0.5) is 16.8 Å². The summed E-state index contributed by atoms with van der Waals surface area (Å²) in [5, 5.41) is 24.0. The monoisotopic (exact) mass is 407 g/mol. The summed E-state index contributed by atoms with van der Waals surface area (Å²) in [5.74, 6) is 1.57. The quantitative estimate of drug-likeness (QED) is 0.396. The maximum Gasteiger partial charge on any atom is 0.190 e. The van der Waals surface area contributed by atoms with Crippen molar-refractivity contribution in [3.63, 3.8) is 0 Å². The number of pyridine rings is 2. The number of thiazole rings is 1. The van der Waals surface area contributed by atoms with Gasteiger partial charge in [-0.3, -0.25) is 5.10 Å². The average Bonchev–Trinajstić information content (AvgIpc) is 3.39. The number of nitrogens with one attached hydrogen (secondary N) is 3. The van der Waals surface area contributed by atoms with Crippen molar-refractivity contribution in [1.82, 2.24) is 25.1 Å². The number of aliphatic hydroxyl groups excluding tert-OH is 1. The van der Waals surface area contributed by atoms with Gasteiger partial charge in [-0.15, -0.1) is 0 Å². The summed E-state index contributed by atoms with van der Waals surface area (Å²) in [6.45, 7) is 0. The lowest BCUT2D eigenvalue weighted by molar-refractivity contribution is 0.126. The molecule has 0 radical (unpaired) electrons. The second-order valence-corrected chi connectivity index (χ2v) is 8.19. The fraction of sp³-hybridized carbons (Fsp3) is 0.300. The van der Waals surface area contributed by atoms with Gasteiger partial charge in [-0.05, 0) is 49.9 Å². The average molecular weight is 408 g/mol. The van der Waals surface area contributed by atoms with E-state index >= 15 is 0 Å². The number of aliphatic hydroxyl groups is 1. The second kappa shape index (κ2) is 7.76. The highest BCUT2D eigenvalue weighted by molar-refractivity contribution is 7.21. The molecule has 1 saturated carbocycles. The van der Waals surface area contributed by atoms with Crippen molar-refractivity contribution in [2.24, 2.45) is 0 Å². The van der Waals surface area contributed by atoms with Crippen molar-refractivity contribution in [2.45, 2.75) is 37.8 Å². The largest absolute Gasteiger partial charge is 0.393 e. The second-order valence-electron chi connectivity index (χ2n) is 7.21. The summed E-state index contributed by atoms with van der Waals surface area (Å²) in [4.78, 5) is 14.8. The zero-order valence-electron chi connectivity index (χ0n) is 15.7. The zero-order chi connectivity index (χ0) is 19.6. The third-order valence-electron chi connectivity index (χ3n) is 5.08. The van der Waals surface area contributed by atoms with Gasteiger partial charge < -0.3 is 15.7 Å². The van der Waals surface area contributed by atoms with Gasteiger partial charge >= 0.3 is 0 Å². The summed E-state index contributed by atoms with van der Waals surface area (Å²) in [7, 11) is 0. The third kappa shape index (κ3) is 4.06. The molecule has 0 aliphatic heterocycles. The minimum Gasteiger partial charge on any atom is -0.393 e. The van der Waals surface area contributed by atoms with E-state index in [4.69, 9.17) is 0 Å². The van der Waals surface area contributed by atoms with E-state index in [0.717, 1.165) is 64.1 Å². The molecule has 148 valence electrons. The lowest BCUT2D eigenvalue weighted by Gasteiger charge is -2.26. The minimum absolute atomic E-state index is 0.157. The molecule has 4 aromatic heterocycles. The van der Waals surface area contributed by atoms with Crippen molar-refractivity contribution in [2.75, 3.05) is 10.6 Å². The summed E-state index contributed by atoms with van der Waals surface area (Å²) in [6.07, 6.45) is 7.03. The molecular weight excluding hydrogens is 386 g/mol. The molecule has 4 aromatic rings. The first-order valence-corrected chi connectivity index (χ1v) is 10.5. The highest BCUT2D eigenvalue weighted by Crippen LogP contribution is 2.29. The van der Waals surface area contributed by atoms with Crippen molar-refractivity contribution >= 4 is 38.5 Å². The first kappa shape index (κ1) is 18.0. The van der Waals surface area contributed by atoms with Crippen LogP contribution in [0.15, 0.2) is 42.7 Å². The van der Waals surface area contributed by atoms with Crippen molar-refractivity contribution in [3.8, 4) is 11.3 Å². The number of hydrogen-bond acceptors (Lipinski definition) is 8. The van der Waals surface area contributed by atoms with E-state index in [1.54, 1.807) is 6.20 Å². The number of hydrogen-bond donors (Lipinski definition) is 4. The van der Waals surface area contributed by atoms with Gasteiger partial charge in [0.1, 0.15) is 22.0 Å². The fourth-order valence-corrected chi connectivity index (χ4v) is 4.39. The number of nitrogens with zero attached hydrogens (tertiary/aromatic N) is 4. The van der Waals surface area contributed by atoms with Crippen molar-refractivity contribution in [1.29, 1.82) is 0 Å². The minimum atomic E-state index is -0.157. The van der Waals surface area contributed by atoms with Gasteiger partial charge in [-0.2, -0.15) is 5.10 Å². The SMILES string of the molecule is OC1CCC(Nc2cccc(Nc3nc4ccc(-c5cn[nH]c5)nc4s3)n2)CC1. The molecule has 5 rings (SSSR count). The number of rotatable bonds is 5. The molecule has 4 N–H and O–H groups in total. The number of fused-ring (bicyclic) bond motifs is 1. The van der Waals surface area contributed by atoms with E-state index in [-0.39, 0.29) is 6.10 Å². The van der Waals surface area contributed by atoms with Crippen molar-refractivity contribution in [3.05, 3.63) is 42.7 Å². The number of aromatic nitrogens is 5. The van der Waals surface area contributed by atoms with Crippen molar-refractivity contribution < 1.29 is 5.11 Å². The van der Waals surface area contributed by atoms with Crippen LogP contribution in [0.2, 0.25) is 0 Å². The number of anilines is 3. The lowest BCUT2D eigenvalue weighted by atomic mass is 9.93. The van der Waals surface area contributed by atoms with Gasteiger partial charge in [-0.25, -0.2) is 15.0 Å². The fourth-order valence-electron chi connectivity index (χ4n) is 3.55. The van der Waals surface area contributed by atoms with E-state index in [1.807, 2.05) is 36.5 Å². The van der Waals surface area contributed by atoms with Crippen LogP contribution in [0.25, 0.3) is 21.6 Å². The van der Waals surface area contributed by atoms with Crippen LogP contribution in [0.5, 0.6) is 0 Å². The summed E-state index contributed by atoms with van der Waals surface area (Å²) >= 11 is 1.49. The molecule has 0 bridgehead atoms. The van der Waals surface area contributed by atoms with E-state index < -0.39 is 0 Å². The summed E-state index contributed by atoms with van der Waals surface area (Å²) in [6, 6.07) is 10.1. The van der Waals surface area contributed by atoms with Gasteiger partial charge in [0.05, 0.1) is 18.0 Å². The lowest BCUT2D eigenvalue weighted by Crippen LogP contribution is -2.28. The molecule has 0 spiro atoms. The first-order chi connectivity index (χ1) is 14.2. The van der Waals surface area contributed by atoms with Gasteiger partial charge in [0, 0.05) is 17.8 Å². The Labute approximate surface area is 171 Å². The van der Waals surface area contributed by atoms with E-state index in [0.29, 0.717) is 6.04 Å². The predicted molar refractivity (Wildman–Crippen MR) is 114 cm³/mol. The highest BCUT2D eigenvalue weighted by atomic mass is 32.1. The molecular formula is C20H21N7OS. The highest BCUT2D eigenvalue weighted by Gasteiger charge is 2.19. The molecule has 1 aliphatic rings. The molecule has 29 heavy (non-hydrogen) atoms. The van der Waals surface area contributed by atoms with Gasteiger partial charge in [0.2, 0.25) is 0 Å². The summed E-state index contributed by atoms with van der Waals surface area (Å²) < 4.78 is 0. The number of H-pyrrole nitrogens is 1. The third-order valence-corrected chi connectivity index (χ3v) is 5.96. The molecule has 1 aliphatic carbocycles. The van der Waals surface area contributed by atoms with Gasteiger partial charge in [0.25, 0.3) is 0 Å². The predicted octanol–water partition coefficient (Wildman–Crippen LogP) is 3.94. The van der Waals surface area contributed by atoms with Gasteiger partial charge in [0.15, 0.2) is 5.13 Å². The molecule has 4 heterocycles. The molecule has 0 unspecified atom stereocenters. The van der Waals surface area contributed by atoms with Crippen LogP contribution >= 0.6 is 11.3 Å². The molecule has 0 amide bonds. The Morgan fingerprint density at radius 3 is 2.69 bits per heavy atom. The first-order valence-electron chi connectivity index (χ1n) is 9.68. The van der Waals surface area contributed by atoms with Crippen LogP contribution in [0, 0.1) is 0 Å². The Kier molecular flexibility index (Phi) is 4.82. The molecule has 0 atom stereocenters. The maximum atomic E-state index is 9.66. The Morgan fingerprint density at radius 2 is 1.86 bits per heavy atom. The summed E-state index contributed by atoms with van der Waals surface area (Å²) in [5.41, 5.74) is 2.66. The van der Waals surface area contributed by atoms with E-state index in [9.17, 15) is 5.11 Å². The van der Waals surface area contributed by atoms with Gasteiger partial charge in [-0.1, -0.05) is 17.4 Å². The molecule has 1 fully saturated rings. The van der Waals surface area contributed by atoms with E-state index in [1.165, 1.54) is 11.3 Å². The Hall–Kier alpha value is -3.04. The zero-order valence-corrected chi connectivity index (χ0v) is 16.5. The molecule has 8 nitrogen and oxygen atoms in total. The Bertz CT molecular complexity index is 1100. The molecule has 0 aromatic carbocycles. The van der Waals surface area contributed by atoms with Crippen LogP contribution in [0.3, 0.4) is 0 Å². The number of aromatic amines is 1. The normalized spacial score (nSPS) is 19.3. The smallest absolute Gasteiger partial charge is 0.190 e. The Balaban J connectivity index is 1.31.